The summed E-state index contributed by atoms with van der Waals surface area (Å²) in [5.74, 6) is 1.65. The van der Waals surface area contributed by atoms with Crippen LogP contribution in [-0.4, -0.2) is 6.04 Å². The number of nitrogens with two attached hydrogens (primary N) is 1. The molecule has 0 amide bonds. The van der Waals surface area contributed by atoms with Gasteiger partial charge in [0, 0.05) is 17.3 Å². The molecule has 1 fully saturated rings. The molecule has 1 aromatic heterocycles. The quantitative estimate of drug-likeness (QED) is 0.770. The predicted octanol–water partition coefficient (Wildman–Crippen LogP) is 3.03. The number of furan rings is 1. The molecule has 0 radical (unpaired) electrons. The minimum atomic E-state index is 0.364. The van der Waals surface area contributed by atoms with E-state index in [9.17, 15) is 0 Å². The van der Waals surface area contributed by atoms with Crippen LogP contribution in [0.5, 0.6) is 0 Å². The summed E-state index contributed by atoms with van der Waals surface area (Å²) in [7, 11) is 0. The van der Waals surface area contributed by atoms with E-state index in [2.05, 4.69) is 12.1 Å². The molecule has 78 valence electrons. The van der Waals surface area contributed by atoms with Crippen molar-refractivity contribution in [3.8, 4) is 0 Å². The van der Waals surface area contributed by atoms with Crippen LogP contribution in [0, 0.1) is 0 Å². The van der Waals surface area contributed by atoms with Crippen molar-refractivity contribution in [1.82, 2.24) is 0 Å². The lowest BCUT2D eigenvalue weighted by atomic mass is 10.0. The standard InChI is InChI=1S/C13H15NO/c14-11-6-5-10(7-11)13-8-9-3-1-2-4-12(9)15-13/h1-4,8,10-11H,5-7,14H2. The molecule has 1 aliphatic rings. The summed E-state index contributed by atoms with van der Waals surface area (Å²) in [4.78, 5) is 0. The number of para-hydroxylation sites is 1. The van der Waals surface area contributed by atoms with Gasteiger partial charge in [0.25, 0.3) is 0 Å². The zero-order chi connectivity index (χ0) is 10.3. The van der Waals surface area contributed by atoms with E-state index >= 15 is 0 Å². The van der Waals surface area contributed by atoms with E-state index in [1.54, 1.807) is 0 Å². The highest BCUT2D eigenvalue weighted by Gasteiger charge is 2.25. The number of hydrogen-bond donors (Lipinski definition) is 1. The molecule has 2 heteroatoms. The van der Waals surface area contributed by atoms with E-state index in [4.69, 9.17) is 10.2 Å². The minimum absolute atomic E-state index is 0.364. The fourth-order valence-corrected chi connectivity index (χ4v) is 2.48. The third kappa shape index (κ3) is 1.55. The molecule has 2 nitrogen and oxygen atoms in total. The third-order valence-electron chi connectivity index (χ3n) is 3.32. The van der Waals surface area contributed by atoms with Gasteiger partial charge in [0.2, 0.25) is 0 Å². The van der Waals surface area contributed by atoms with Gasteiger partial charge < -0.3 is 10.2 Å². The SMILES string of the molecule is NC1CCC(c2cc3ccccc3o2)C1. The number of rotatable bonds is 1. The van der Waals surface area contributed by atoms with Crippen LogP contribution in [0.15, 0.2) is 34.7 Å². The Morgan fingerprint density at radius 2 is 2.07 bits per heavy atom. The summed E-state index contributed by atoms with van der Waals surface area (Å²) in [6.45, 7) is 0. The normalized spacial score (nSPS) is 26.2. The smallest absolute Gasteiger partial charge is 0.134 e. The highest BCUT2D eigenvalue weighted by molar-refractivity contribution is 5.77. The molecule has 0 saturated heterocycles. The van der Waals surface area contributed by atoms with E-state index in [-0.39, 0.29) is 0 Å². The Morgan fingerprint density at radius 3 is 2.80 bits per heavy atom. The van der Waals surface area contributed by atoms with Crippen LogP contribution >= 0.6 is 0 Å². The van der Waals surface area contributed by atoms with Crippen LogP contribution in [0.1, 0.15) is 30.9 Å². The molecular weight excluding hydrogens is 186 g/mol. The van der Waals surface area contributed by atoms with Crippen molar-refractivity contribution in [3.05, 3.63) is 36.1 Å². The molecule has 2 aromatic rings. The summed E-state index contributed by atoms with van der Waals surface area (Å²) in [5, 5.41) is 1.20. The van der Waals surface area contributed by atoms with Crippen molar-refractivity contribution in [1.29, 1.82) is 0 Å². The summed E-state index contributed by atoms with van der Waals surface area (Å²) >= 11 is 0. The van der Waals surface area contributed by atoms with Crippen molar-refractivity contribution in [3.63, 3.8) is 0 Å². The van der Waals surface area contributed by atoms with Gasteiger partial charge in [-0.05, 0) is 31.4 Å². The van der Waals surface area contributed by atoms with E-state index in [0.717, 1.165) is 24.2 Å². The molecule has 0 spiro atoms. The van der Waals surface area contributed by atoms with Crippen molar-refractivity contribution in [2.24, 2.45) is 5.73 Å². The van der Waals surface area contributed by atoms with E-state index in [1.165, 1.54) is 11.8 Å². The summed E-state index contributed by atoms with van der Waals surface area (Å²) in [5.41, 5.74) is 6.91. The molecule has 1 heterocycles. The minimum Gasteiger partial charge on any atom is -0.461 e. The average Bonchev–Trinajstić information content (AvgIpc) is 2.82. The Hall–Kier alpha value is -1.28. The Labute approximate surface area is 89.1 Å². The molecule has 15 heavy (non-hydrogen) atoms. The maximum Gasteiger partial charge on any atom is 0.134 e. The Kier molecular flexibility index (Phi) is 2.03. The van der Waals surface area contributed by atoms with E-state index in [1.807, 2.05) is 18.2 Å². The van der Waals surface area contributed by atoms with Crippen molar-refractivity contribution in [2.75, 3.05) is 0 Å². The van der Waals surface area contributed by atoms with Crippen LogP contribution in [0.3, 0.4) is 0 Å². The lowest BCUT2D eigenvalue weighted by molar-refractivity contribution is 0.490. The molecule has 2 N–H and O–H groups in total. The van der Waals surface area contributed by atoms with Gasteiger partial charge in [0.05, 0.1) is 0 Å². The van der Waals surface area contributed by atoms with Gasteiger partial charge in [0.15, 0.2) is 0 Å². The first-order valence-corrected chi connectivity index (χ1v) is 5.57. The molecule has 2 unspecified atom stereocenters. The number of fused-ring (bicyclic) bond motifs is 1. The molecule has 2 atom stereocenters. The van der Waals surface area contributed by atoms with Crippen molar-refractivity contribution in [2.45, 2.75) is 31.2 Å². The number of hydrogen-bond acceptors (Lipinski definition) is 2. The topological polar surface area (TPSA) is 39.2 Å². The maximum atomic E-state index is 5.92. The molecule has 1 aliphatic carbocycles. The zero-order valence-electron chi connectivity index (χ0n) is 8.65. The van der Waals surface area contributed by atoms with Gasteiger partial charge in [-0.3, -0.25) is 0 Å². The van der Waals surface area contributed by atoms with E-state index < -0.39 is 0 Å². The lowest BCUT2D eigenvalue weighted by Crippen LogP contribution is -2.14. The number of benzene rings is 1. The van der Waals surface area contributed by atoms with Crippen LogP contribution in [-0.2, 0) is 0 Å². The third-order valence-corrected chi connectivity index (χ3v) is 3.32. The van der Waals surface area contributed by atoms with Crippen LogP contribution in [0.4, 0.5) is 0 Å². The fourth-order valence-electron chi connectivity index (χ4n) is 2.48. The predicted molar refractivity (Wildman–Crippen MR) is 60.8 cm³/mol. The average molecular weight is 201 g/mol. The van der Waals surface area contributed by atoms with Gasteiger partial charge in [-0.15, -0.1) is 0 Å². The van der Waals surface area contributed by atoms with Crippen molar-refractivity contribution >= 4 is 11.0 Å². The second-order valence-corrected chi connectivity index (χ2v) is 4.46. The van der Waals surface area contributed by atoms with Gasteiger partial charge in [-0.2, -0.15) is 0 Å². The first-order chi connectivity index (χ1) is 7.33. The molecule has 0 aliphatic heterocycles. The van der Waals surface area contributed by atoms with Crippen LogP contribution in [0.2, 0.25) is 0 Å². The molecule has 1 aromatic carbocycles. The Morgan fingerprint density at radius 1 is 1.20 bits per heavy atom. The maximum absolute atomic E-state index is 5.92. The summed E-state index contributed by atoms with van der Waals surface area (Å²) in [6.07, 6.45) is 3.36. The first-order valence-electron chi connectivity index (χ1n) is 5.57. The van der Waals surface area contributed by atoms with Gasteiger partial charge in [0.1, 0.15) is 11.3 Å². The van der Waals surface area contributed by atoms with E-state index in [0.29, 0.717) is 12.0 Å². The highest BCUT2D eigenvalue weighted by atomic mass is 16.3. The lowest BCUT2D eigenvalue weighted by Gasteiger charge is -2.04. The molecule has 3 rings (SSSR count). The Balaban J connectivity index is 1.98. The highest BCUT2D eigenvalue weighted by Crippen LogP contribution is 2.36. The molecule has 1 saturated carbocycles. The van der Waals surface area contributed by atoms with Gasteiger partial charge in [-0.1, -0.05) is 18.2 Å². The van der Waals surface area contributed by atoms with Crippen LogP contribution in [0.25, 0.3) is 11.0 Å². The second kappa shape index (κ2) is 3.38. The summed E-state index contributed by atoms with van der Waals surface area (Å²) < 4.78 is 5.84. The summed E-state index contributed by atoms with van der Waals surface area (Å²) in [6, 6.07) is 10.7. The molecular formula is C13H15NO. The second-order valence-electron chi connectivity index (χ2n) is 4.46. The largest absolute Gasteiger partial charge is 0.461 e. The molecule has 0 bridgehead atoms. The Bertz CT molecular complexity index is 441. The van der Waals surface area contributed by atoms with Crippen LogP contribution < -0.4 is 5.73 Å². The van der Waals surface area contributed by atoms with Gasteiger partial charge in [-0.25, -0.2) is 0 Å². The first kappa shape index (κ1) is 8.98. The fraction of sp³-hybridized carbons (Fsp3) is 0.385. The zero-order valence-corrected chi connectivity index (χ0v) is 8.65. The van der Waals surface area contributed by atoms with Crippen molar-refractivity contribution < 1.29 is 4.42 Å². The monoisotopic (exact) mass is 201 g/mol. The van der Waals surface area contributed by atoms with Gasteiger partial charge >= 0.3 is 0 Å².